The van der Waals surface area contributed by atoms with Crippen molar-refractivity contribution in [2.45, 2.75) is 22.4 Å². The van der Waals surface area contributed by atoms with Crippen LogP contribution in [0.1, 0.15) is 33.0 Å². The molecule has 0 spiro atoms. The number of pyridine rings is 1. The van der Waals surface area contributed by atoms with Gasteiger partial charge in [0.15, 0.2) is 6.29 Å². The van der Waals surface area contributed by atoms with Crippen LogP contribution in [0.5, 0.6) is 0 Å². The molecule has 1 aliphatic rings. The van der Waals surface area contributed by atoms with Crippen molar-refractivity contribution in [1.82, 2.24) is 19.9 Å². The summed E-state index contributed by atoms with van der Waals surface area (Å²) in [5, 5.41) is 3.86. The molecule has 7 nitrogen and oxygen atoms in total. The number of imidazole rings is 1. The first-order chi connectivity index (χ1) is 19.6. The molecule has 0 atom stereocenters. The van der Waals surface area contributed by atoms with Gasteiger partial charge in [0.1, 0.15) is 11.6 Å². The molecule has 6 rings (SSSR count). The molecule has 0 bridgehead atoms. The number of aldehydes is 1. The molecule has 0 saturated heterocycles. The molecule has 0 aliphatic heterocycles. The molecule has 0 saturated carbocycles. The molecule has 9 heteroatoms. The van der Waals surface area contributed by atoms with Crippen LogP contribution in [0.4, 0.5) is 4.79 Å². The lowest BCUT2D eigenvalue weighted by molar-refractivity contribution is 0.112. The highest BCUT2D eigenvalue weighted by Crippen LogP contribution is 2.44. The van der Waals surface area contributed by atoms with Crippen LogP contribution in [0.3, 0.4) is 0 Å². The normalized spacial score (nSPS) is 12.0. The van der Waals surface area contributed by atoms with Gasteiger partial charge in [-0.15, -0.1) is 0 Å². The van der Waals surface area contributed by atoms with E-state index in [0.717, 1.165) is 28.7 Å². The van der Waals surface area contributed by atoms with Gasteiger partial charge in [0.2, 0.25) is 0 Å². The van der Waals surface area contributed by atoms with Gasteiger partial charge >= 0.3 is 6.09 Å². The average Bonchev–Trinajstić information content (AvgIpc) is 3.64. The first-order valence-corrected chi connectivity index (χ1v) is 13.8. The summed E-state index contributed by atoms with van der Waals surface area (Å²) in [6, 6.07) is 23.6. The van der Waals surface area contributed by atoms with E-state index < -0.39 is 6.09 Å². The Morgan fingerprint density at radius 3 is 2.48 bits per heavy atom. The number of rotatable bonds is 8. The predicted octanol–water partition coefficient (Wildman–Crippen LogP) is 6.92. The largest absolute Gasteiger partial charge is 0.449 e. The Bertz CT molecular complexity index is 1660. The third-order valence-electron chi connectivity index (χ3n) is 6.80. The molecular weight excluding hydrogens is 544 g/mol. The fraction of sp³-hybridized carbons (Fsp3) is 0.0968. The molecule has 3 aromatic carbocycles. The molecule has 198 valence electrons. The van der Waals surface area contributed by atoms with Gasteiger partial charge < -0.3 is 14.6 Å². The SMILES string of the molecule is O=Cc1cccnc1Sc1c(Cl)cc(-n2ccnc2)cc1CNC(=O)OCC1c2ccccc2-c2ccccc21. The monoisotopic (exact) mass is 566 g/mol. The molecule has 2 aromatic heterocycles. The fourth-order valence-electron chi connectivity index (χ4n) is 4.93. The Hall–Kier alpha value is -4.40. The number of carbonyl (C=O) groups is 2. The van der Waals surface area contributed by atoms with Crippen molar-refractivity contribution in [3.8, 4) is 16.8 Å². The number of aromatic nitrogens is 3. The van der Waals surface area contributed by atoms with E-state index in [4.69, 9.17) is 16.3 Å². The predicted molar refractivity (Wildman–Crippen MR) is 154 cm³/mol. The summed E-state index contributed by atoms with van der Waals surface area (Å²) >= 11 is 8.02. The highest BCUT2D eigenvalue weighted by atomic mass is 35.5. The van der Waals surface area contributed by atoms with Crippen molar-refractivity contribution >= 4 is 35.7 Å². The Kier molecular flexibility index (Phi) is 7.35. The number of hydrogen-bond acceptors (Lipinski definition) is 6. The summed E-state index contributed by atoms with van der Waals surface area (Å²) in [5.74, 6) is -0.0332. The lowest BCUT2D eigenvalue weighted by Gasteiger charge is -2.17. The molecule has 5 aromatic rings. The standard InChI is InChI=1S/C31H23ClN4O3S/c32-28-15-22(36-13-12-33-19-36)14-21(29(28)40-30-20(17-37)6-5-11-34-30)16-35-31(38)39-18-27-25-9-3-1-7-23(25)24-8-2-4-10-26(24)27/h1-15,17,19,27H,16,18H2,(H,35,38). The second-order valence-corrected chi connectivity index (χ2v) is 10.6. The molecule has 0 unspecified atom stereocenters. The molecule has 2 heterocycles. The van der Waals surface area contributed by atoms with E-state index in [9.17, 15) is 9.59 Å². The summed E-state index contributed by atoms with van der Waals surface area (Å²) in [6.07, 6.45) is 7.01. The van der Waals surface area contributed by atoms with Crippen LogP contribution in [-0.2, 0) is 11.3 Å². The van der Waals surface area contributed by atoms with Gasteiger partial charge in [-0.3, -0.25) is 4.79 Å². The van der Waals surface area contributed by atoms with E-state index in [1.54, 1.807) is 30.9 Å². The van der Waals surface area contributed by atoms with Crippen LogP contribution < -0.4 is 5.32 Å². The lowest BCUT2D eigenvalue weighted by Crippen LogP contribution is -2.26. The summed E-state index contributed by atoms with van der Waals surface area (Å²) < 4.78 is 7.55. The number of hydrogen-bond donors (Lipinski definition) is 1. The second kappa shape index (κ2) is 11.4. The number of halogens is 1. The average molecular weight is 567 g/mol. The van der Waals surface area contributed by atoms with Crippen molar-refractivity contribution < 1.29 is 14.3 Å². The van der Waals surface area contributed by atoms with Crippen LogP contribution in [0, 0.1) is 0 Å². The van der Waals surface area contributed by atoms with Gasteiger partial charge in [0.25, 0.3) is 0 Å². The van der Waals surface area contributed by atoms with Gasteiger partial charge in [0, 0.05) is 47.2 Å². The van der Waals surface area contributed by atoms with Crippen LogP contribution in [0.25, 0.3) is 16.8 Å². The highest BCUT2D eigenvalue weighted by molar-refractivity contribution is 7.99. The van der Waals surface area contributed by atoms with Gasteiger partial charge in [0.05, 0.1) is 11.3 Å². The Morgan fingerprint density at radius 2 is 1.77 bits per heavy atom. The molecular formula is C31H23ClN4O3S. The maximum atomic E-state index is 12.9. The Balaban J connectivity index is 1.22. The van der Waals surface area contributed by atoms with E-state index in [0.29, 0.717) is 20.5 Å². The van der Waals surface area contributed by atoms with Crippen LogP contribution >= 0.6 is 23.4 Å². The quantitative estimate of drug-likeness (QED) is 0.205. The van der Waals surface area contributed by atoms with Crippen LogP contribution in [0.2, 0.25) is 5.02 Å². The van der Waals surface area contributed by atoms with E-state index in [2.05, 4.69) is 39.6 Å². The fourth-order valence-corrected chi connectivity index (χ4v) is 6.24. The number of alkyl carbamates (subject to hydrolysis) is 1. The maximum absolute atomic E-state index is 12.9. The minimum absolute atomic E-state index is 0.0332. The number of benzene rings is 3. The van der Waals surface area contributed by atoms with Crippen LogP contribution in [0.15, 0.2) is 108 Å². The smallest absolute Gasteiger partial charge is 0.407 e. The van der Waals surface area contributed by atoms with Crippen molar-refractivity contribution in [3.63, 3.8) is 0 Å². The second-order valence-electron chi connectivity index (χ2n) is 9.18. The lowest BCUT2D eigenvalue weighted by atomic mass is 9.98. The molecule has 1 N–H and O–H groups in total. The zero-order chi connectivity index (χ0) is 27.5. The number of carbonyl (C=O) groups excluding carboxylic acids is 2. The first kappa shape index (κ1) is 25.9. The number of nitrogens with zero attached hydrogens (tertiary/aromatic N) is 3. The minimum Gasteiger partial charge on any atom is -0.449 e. The Labute approximate surface area is 240 Å². The van der Waals surface area contributed by atoms with Crippen molar-refractivity contribution in [2.24, 2.45) is 0 Å². The third-order valence-corrected chi connectivity index (χ3v) is 8.43. The highest BCUT2D eigenvalue weighted by Gasteiger charge is 2.29. The number of ether oxygens (including phenoxy) is 1. The van der Waals surface area contributed by atoms with Crippen LogP contribution in [-0.4, -0.2) is 33.5 Å². The van der Waals surface area contributed by atoms with Crippen molar-refractivity contribution in [2.75, 3.05) is 6.61 Å². The number of fused-ring (bicyclic) bond motifs is 3. The molecule has 0 radical (unpaired) electrons. The molecule has 1 aliphatic carbocycles. The van der Waals surface area contributed by atoms with E-state index in [1.165, 1.54) is 22.9 Å². The third kappa shape index (κ3) is 5.11. The molecule has 1 amide bonds. The van der Waals surface area contributed by atoms with Gasteiger partial charge in [-0.1, -0.05) is 71.9 Å². The topological polar surface area (TPSA) is 86.1 Å². The number of nitrogens with one attached hydrogen (secondary N) is 1. The van der Waals surface area contributed by atoms with Gasteiger partial charge in [-0.2, -0.15) is 0 Å². The minimum atomic E-state index is -0.534. The molecule has 40 heavy (non-hydrogen) atoms. The molecule has 0 fully saturated rings. The zero-order valence-corrected chi connectivity index (χ0v) is 22.7. The maximum Gasteiger partial charge on any atom is 0.407 e. The van der Waals surface area contributed by atoms with E-state index >= 15 is 0 Å². The summed E-state index contributed by atoms with van der Waals surface area (Å²) in [7, 11) is 0. The zero-order valence-electron chi connectivity index (χ0n) is 21.2. The summed E-state index contributed by atoms with van der Waals surface area (Å²) in [4.78, 5) is 33.6. The van der Waals surface area contributed by atoms with Gasteiger partial charge in [-0.05, 0) is 52.1 Å². The van der Waals surface area contributed by atoms with E-state index in [-0.39, 0.29) is 19.1 Å². The number of amides is 1. The van der Waals surface area contributed by atoms with Gasteiger partial charge in [-0.25, -0.2) is 14.8 Å². The van der Waals surface area contributed by atoms with Crippen molar-refractivity contribution in [1.29, 1.82) is 0 Å². The van der Waals surface area contributed by atoms with Crippen molar-refractivity contribution in [3.05, 3.63) is 125 Å². The Morgan fingerprint density at radius 1 is 1.02 bits per heavy atom. The first-order valence-electron chi connectivity index (χ1n) is 12.6. The van der Waals surface area contributed by atoms with E-state index in [1.807, 2.05) is 47.2 Å². The summed E-state index contributed by atoms with van der Waals surface area (Å²) in [6.45, 7) is 0.373. The summed E-state index contributed by atoms with van der Waals surface area (Å²) in [5.41, 5.74) is 6.63.